The van der Waals surface area contributed by atoms with Crippen LogP contribution in [0.5, 0.6) is 0 Å². The van der Waals surface area contributed by atoms with Gasteiger partial charge in [0, 0.05) is 24.7 Å². The molecule has 0 N–H and O–H groups in total. The van der Waals surface area contributed by atoms with E-state index in [0.29, 0.717) is 21.7 Å². The van der Waals surface area contributed by atoms with Crippen molar-refractivity contribution in [3.63, 3.8) is 0 Å². The maximum Gasteiger partial charge on any atom is 0.253 e. The van der Waals surface area contributed by atoms with Gasteiger partial charge in [0.1, 0.15) is 0 Å². The summed E-state index contributed by atoms with van der Waals surface area (Å²) in [5.41, 5.74) is 0.630. The number of carbonyl (C=O) groups excluding carboxylic acids is 1. The maximum absolute atomic E-state index is 12.6. The third kappa shape index (κ3) is 3.58. The smallest absolute Gasteiger partial charge is 0.253 e. The highest BCUT2D eigenvalue weighted by atomic mass is 35.5. The molecule has 5 heteroatoms. The van der Waals surface area contributed by atoms with Gasteiger partial charge in [0.25, 0.3) is 5.91 Å². The average molecular weight is 341 g/mol. The van der Waals surface area contributed by atoms with Crippen molar-refractivity contribution in [1.29, 1.82) is 0 Å². The molecule has 1 amide bonds. The van der Waals surface area contributed by atoms with Crippen LogP contribution in [-0.4, -0.2) is 47.9 Å². The maximum atomic E-state index is 12.6. The van der Waals surface area contributed by atoms with Crippen LogP contribution in [0.1, 0.15) is 42.5 Å². The SMILES string of the molecule is O=C(c1ccc(Cl)c(Cl)c1)N1CCC(N2CCCCC2)CC1. The van der Waals surface area contributed by atoms with Crippen LogP contribution in [0.3, 0.4) is 0 Å². The Labute approximate surface area is 142 Å². The fraction of sp³-hybridized carbons (Fsp3) is 0.588. The van der Waals surface area contributed by atoms with Crippen molar-refractivity contribution in [3.8, 4) is 0 Å². The van der Waals surface area contributed by atoms with Gasteiger partial charge in [-0.3, -0.25) is 4.79 Å². The molecule has 22 heavy (non-hydrogen) atoms. The van der Waals surface area contributed by atoms with Gasteiger partial charge < -0.3 is 9.80 Å². The number of amides is 1. The van der Waals surface area contributed by atoms with Crippen molar-refractivity contribution in [2.75, 3.05) is 26.2 Å². The van der Waals surface area contributed by atoms with E-state index in [4.69, 9.17) is 23.2 Å². The summed E-state index contributed by atoms with van der Waals surface area (Å²) in [5, 5.41) is 0.928. The van der Waals surface area contributed by atoms with Gasteiger partial charge in [0.15, 0.2) is 0 Å². The minimum absolute atomic E-state index is 0.0654. The summed E-state index contributed by atoms with van der Waals surface area (Å²) in [5.74, 6) is 0.0654. The molecule has 0 radical (unpaired) electrons. The van der Waals surface area contributed by atoms with Gasteiger partial charge in [-0.1, -0.05) is 29.6 Å². The van der Waals surface area contributed by atoms with Gasteiger partial charge in [-0.2, -0.15) is 0 Å². The monoisotopic (exact) mass is 340 g/mol. The summed E-state index contributed by atoms with van der Waals surface area (Å²) >= 11 is 11.9. The normalized spacial score (nSPS) is 21.1. The molecule has 1 aromatic carbocycles. The van der Waals surface area contributed by atoms with Gasteiger partial charge >= 0.3 is 0 Å². The number of benzene rings is 1. The number of carbonyl (C=O) groups is 1. The zero-order chi connectivity index (χ0) is 15.5. The van der Waals surface area contributed by atoms with E-state index < -0.39 is 0 Å². The van der Waals surface area contributed by atoms with Crippen molar-refractivity contribution >= 4 is 29.1 Å². The van der Waals surface area contributed by atoms with Crippen LogP contribution in [0.15, 0.2) is 18.2 Å². The number of piperidine rings is 2. The van der Waals surface area contributed by atoms with E-state index in [9.17, 15) is 4.79 Å². The molecule has 0 unspecified atom stereocenters. The largest absolute Gasteiger partial charge is 0.339 e. The first-order valence-corrected chi connectivity index (χ1v) is 8.89. The van der Waals surface area contributed by atoms with Crippen molar-refractivity contribution in [2.24, 2.45) is 0 Å². The highest BCUT2D eigenvalue weighted by Gasteiger charge is 2.28. The van der Waals surface area contributed by atoms with Crippen LogP contribution in [-0.2, 0) is 0 Å². The standard InChI is InChI=1S/C17H22Cl2N2O/c18-15-5-4-13(12-16(15)19)17(22)21-10-6-14(7-11-21)20-8-2-1-3-9-20/h4-5,12,14H,1-3,6-11H2. The molecule has 2 saturated heterocycles. The van der Waals surface area contributed by atoms with E-state index in [2.05, 4.69) is 4.90 Å². The third-order valence-corrected chi connectivity index (χ3v) is 5.56. The fourth-order valence-electron chi connectivity index (χ4n) is 3.53. The van der Waals surface area contributed by atoms with Crippen LogP contribution in [0.4, 0.5) is 0 Å². The summed E-state index contributed by atoms with van der Waals surface area (Å²) in [7, 11) is 0. The van der Waals surface area contributed by atoms with Gasteiger partial charge in [0.05, 0.1) is 10.0 Å². The van der Waals surface area contributed by atoms with Gasteiger partial charge in [-0.15, -0.1) is 0 Å². The Morgan fingerprint density at radius 3 is 2.27 bits per heavy atom. The fourth-order valence-corrected chi connectivity index (χ4v) is 3.83. The number of hydrogen-bond acceptors (Lipinski definition) is 2. The molecule has 1 aromatic rings. The van der Waals surface area contributed by atoms with E-state index in [1.807, 2.05) is 4.90 Å². The van der Waals surface area contributed by atoms with Crippen LogP contribution in [0.2, 0.25) is 10.0 Å². The molecule has 2 fully saturated rings. The second kappa shape index (κ2) is 7.20. The quantitative estimate of drug-likeness (QED) is 0.809. The lowest BCUT2D eigenvalue weighted by Crippen LogP contribution is -2.48. The molecule has 2 aliphatic rings. The number of likely N-dealkylation sites (tertiary alicyclic amines) is 2. The molecule has 2 heterocycles. The Hall–Kier alpha value is -0.770. The Kier molecular flexibility index (Phi) is 5.27. The first-order valence-electron chi connectivity index (χ1n) is 8.13. The van der Waals surface area contributed by atoms with Crippen LogP contribution in [0.25, 0.3) is 0 Å². The highest BCUT2D eigenvalue weighted by molar-refractivity contribution is 6.42. The molecule has 0 bridgehead atoms. The zero-order valence-electron chi connectivity index (χ0n) is 12.7. The van der Waals surface area contributed by atoms with Gasteiger partial charge in [-0.05, 0) is 57.0 Å². The summed E-state index contributed by atoms with van der Waals surface area (Å²) < 4.78 is 0. The Bertz CT molecular complexity index is 535. The van der Waals surface area contributed by atoms with Crippen molar-refractivity contribution in [2.45, 2.75) is 38.1 Å². The molecule has 3 nitrogen and oxygen atoms in total. The van der Waals surface area contributed by atoms with Crippen LogP contribution < -0.4 is 0 Å². The highest BCUT2D eigenvalue weighted by Crippen LogP contribution is 2.25. The van der Waals surface area contributed by atoms with E-state index in [0.717, 1.165) is 25.9 Å². The minimum Gasteiger partial charge on any atom is -0.339 e. The Morgan fingerprint density at radius 1 is 0.955 bits per heavy atom. The van der Waals surface area contributed by atoms with Crippen LogP contribution in [0, 0.1) is 0 Å². The lowest BCUT2D eigenvalue weighted by atomic mass is 9.99. The average Bonchev–Trinajstić information content (AvgIpc) is 2.58. The molecule has 120 valence electrons. The number of nitrogens with zero attached hydrogens (tertiary/aromatic N) is 2. The lowest BCUT2D eigenvalue weighted by Gasteiger charge is -2.40. The van der Waals surface area contributed by atoms with E-state index in [-0.39, 0.29) is 5.91 Å². The van der Waals surface area contributed by atoms with E-state index >= 15 is 0 Å². The Morgan fingerprint density at radius 2 is 1.64 bits per heavy atom. The first-order chi connectivity index (χ1) is 10.6. The molecule has 0 aromatic heterocycles. The summed E-state index contributed by atoms with van der Waals surface area (Å²) in [6.45, 7) is 4.12. The molecule has 3 rings (SSSR count). The minimum atomic E-state index is 0.0654. The summed E-state index contributed by atoms with van der Waals surface area (Å²) in [4.78, 5) is 17.1. The molecule has 0 aliphatic carbocycles. The van der Waals surface area contributed by atoms with Crippen LogP contribution >= 0.6 is 23.2 Å². The van der Waals surface area contributed by atoms with Crippen molar-refractivity contribution in [1.82, 2.24) is 9.80 Å². The number of rotatable bonds is 2. The predicted octanol–water partition coefficient (Wildman–Crippen LogP) is 4.08. The van der Waals surface area contributed by atoms with E-state index in [1.54, 1.807) is 18.2 Å². The third-order valence-electron chi connectivity index (χ3n) is 4.83. The molecule has 2 aliphatic heterocycles. The van der Waals surface area contributed by atoms with Crippen molar-refractivity contribution < 1.29 is 4.79 Å². The summed E-state index contributed by atoms with van der Waals surface area (Å²) in [6.07, 6.45) is 6.16. The first kappa shape index (κ1) is 16.1. The molecular weight excluding hydrogens is 319 g/mol. The van der Waals surface area contributed by atoms with Crippen molar-refractivity contribution in [3.05, 3.63) is 33.8 Å². The molecule has 0 saturated carbocycles. The van der Waals surface area contributed by atoms with E-state index in [1.165, 1.54) is 32.4 Å². The Balaban J connectivity index is 1.58. The molecule has 0 atom stereocenters. The second-order valence-corrected chi connectivity index (χ2v) is 7.06. The molecular formula is C17H22Cl2N2O. The second-order valence-electron chi connectivity index (χ2n) is 6.25. The predicted molar refractivity (Wildman–Crippen MR) is 90.8 cm³/mol. The lowest BCUT2D eigenvalue weighted by molar-refractivity contribution is 0.0590. The van der Waals surface area contributed by atoms with Gasteiger partial charge in [-0.25, -0.2) is 0 Å². The number of hydrogen-bond donors (Lipinski definition) is 0. The topological polar surface area (TPSA) is 23.6 Å². The number of halogens is 2. The van der Waals surface area contributed by atoms with Gasteiger partial charge in [0.2, 0.25) is 0 Å². The summed E-state index contributed by atoms with van der Waals surface area (Å²) in [6, 6.07) is 5.77. The molecule has 0 spiro atoms. The zero-order valence-corrected chi connectivity index (χ0v) is 14.2.